The number of nitrogens with one attached hydrogen (secondary N) is 2. The SMILES string of the molecule is COc1cccc([C@@H]2C(C(=O)Nc3ccccc3F)=C(C)NC3=C2C(=O)C[C@H](c2ccccc2)C3)c1. The molecule has 5 nitrogen and oxygen atoms in total. The molecule has 0 radical (unpaired) electrons. The summed E-state index contributed by atoms with van der Waals surface area (Å²) in [5, 5.41) is 6.07. The lowest BCUT2D eigenvalue weighted by atomic mass is 9.71. The molecule has 6 heteroatoms. The Labute approximate surface area is 209 Å². The number of benzene rings is 3. The molecule has 3 aromatic rings. The molecule has 2 N–H and O–H groups in total. The van der Waals surface area contributed by atoms with Crippen molar-refractivity contribution in [2.24, 2.45) is 0 Å². The third-order valence-electron chi connectivity index (χ3n) is 6.89. The normalized spacial score (nSPS) is 19.5. The van der Waals surface area contributed by atoms with E-state index < -0.39 is 17.6 Å². The number of anilines is 1. The fourth-order valence-corrected chi connectivity index (χ4v) is 5.21. The van der Waals surface area contributed by atoms with Gasteiger partial charge < -0.3 is 15.4 Å². The molecule has 0 saturated carbocycles. The minimum Gasteiger partial charge on any atom is -0.497 e. The monoisotopic (exact) mass is 482 g/mol. The number of methoxy groups -OCH3 is 1. The highest BCUT2D eigenvalue weighted by Gasteiger charge is 2.41. The Morgan fingerprint density at radius 2 is 1.69 bits per heavy atom. The van der Waals surface area contributed by atoms with Crippen molar-refractivity contribution in [3.8, 4) is 5.75 Å². The predicted molar refractivity (Wildman–Crippen MR) is 137 cm³/mol. The number of halogens is 1. The van der Waals surface area contributed by atoms with Crippen molar-refractivity contribution in [2.45, 2.75) is 31.6 Å². The van der Waals surface area contributed by atoms with Gasteiger partial charge in [-0.1, -0.05) is 54.6 Å². The topological polar surface area (TPSA) is 67.4 Å². The lowest BCUT2D eigenvalue weighted by Gasteiger charge is -2.37. The standard InChI is InChI=1S/C30H27FN2O3/c1-18-27(30(35)33-24-14-7-6-13-23(24)31)28(20-11-8-12-22(15-20)36-2)29-25(32-18)16-21(17-26(29)34)19-9-4-3-5-10-19/h3-15,21,28,32H,16-17H2,1-2H3,(H,33,35)/t21-,28-/m1/s1. The van der Waals surface area contributed by atoms with Crippen molar-refractivity contribution in [3.05, 3.63) is 118 Å². The summed E-state index contributed by atoms with van der Waals surface area (Å²) in [5.41, 5.74) is 4.40. The Balaban J connectivity index is 1.59. The molecule has 1 heterocycles. The van der Waals surface area contributed by atoms with Crippen molar-refractivity contribution in [1.82, 2.24) is 5.32 Å². The molecule has 0 aromatic heterocycles. The zero-order valence-corrected chi connectivity index (χ0v) is 20.2. The van der Waals surface area contributed by atoms with Gasteiger partial charge in [-0.05, 0) is 54.7 Å². The van der Waals surface area contributed by atoms with Crippen LogP contribution < -0.4 is 15.4 Å². The smallest absolute Gasteiger partial charge is 0.254 e. The number of Topliss-reactive ketones (excluding diaryl/α,β-unsaturated/α-hetero) is 1. The van der Waals surface area contributed by atoms with E-state index in [1.165, 1.54) is 12.1 Å². The van der Waals surface area contributed by atoms with E-state index in [0.717, 1.165) is 16.8 Å². The van der Waals surface area contributed by atoms with Gasteiger partial charge in [-0.15, -0.1) is 0 Å². The number of ether oxygens (including phenoxy) is 1. The molecular weight excluding hydrogens is 455 g/mol. The van der Waals surface area contributed by atoms with Crippen LogP contribution in [0.4, 0.5) is 10.1 Å². The van der Waals surface area contributed by atoms with Gasteiger partial charge in [0.15, 0.2) is 5.78 Å². The summed E-state index contributed by atoms with van der Waals surface area (Å²) in [7, 11) is 1.58. The molecule has 0 spiro atoms. The highest BCUT2D eigenvalue weighted by Crippen LogP contribution is 2.46. The van der Waals surface area contributed by atoms with Crippen molar-refractivity contribution >= 4 is 17.4 Å². The quantitative estimate of drug-likeness (QED) is 0.480. The second-order valence-electron chi connectivity index (χ2n) is 9.14. The van der Waals surface area contributed by atoms with E-state index in [2.05, 4.69) is 10.6 Å². The van der Waals surface area contributed by atoms with E-state index in [-0.39, 0.29) is 17.4 Å². The van der Waals surface area contributed by atoms with Crippen LogP contribution in [0.5, 0.6) is 5.75 Å². The number of hydrogen-bond donors (Lipinski definition) is 2. The van der Waals surface area contributed by atoms with Crippen LogP contribution in [-0.2, 0) is 9.59 Å². The third kappa shape index (κ3) is 4.42. The van der Waals surface area contributed by atoms with Crippen LogP contribution in [0.1, 0.15) is 42.7 Å². The molecule has 5 rings (SSSR count). The summed E-state index contributed by atoms with van der Waals surface area (Å²) in [5.74, 6) is -0.906. The Bertz CT molecular complexity index is 1390. The van der Waals surface area contributed by atoms with Crippen LogP contribution >= 0.6 is 0 Å². The third-order valence-corrected chi connectivity index (χ3v) is 6.89. The van der Waals surface area contributed by atoms with E-state index in [1.807, 2.05) is 61.5 Å². The molecule has 36 heavy (non-hydrogen) atoms. The maximum atomic E-state index is 14.3. The lowest BCUT2D eigenvalue weighted by Crippen LogP contribution is -2.37. The highest BCUT2D eigenvalue weighted by atomic mass is 19.1. The first-order valence-electron chi connectivity index (χ1n) is 11.9. The molecule has 1 amide bonds. The van der Waals surface area contributed by atoms with Gasteiger partial charge in [0.2, 0.25) is 0 Å². The number of amides is 1. The Kier molecular flexibility index (Phi) is 6.42. The minimum absolute atomic E-state index is 0.00545. The van der Waals surface area contributed by atoms with Gasteiger partial charge in [0.05, 0.1) is 12.8 Å². The number of dihydropyridines is 1. The van der Waals surface area contributed by atoms with Gasteiger partial charge in [-0.2, -0.15) is 0 Å². The summed E-state index contributed by atoms with van der Waals surface area (Å²) in [4.78, 5) is 27.3. The lowest BCUT2D eigenvalue weighted by molar-refractivity contribution is -0.116. The average Bonchev–Trinajstić information content (AvgIpc) is 2.89. The Morgan fingerprint density at radius 1 is 0.972 bits per heavy atom. The van der Waals surface area contributed by atoms with E-state index in [0.29, 0.717) is 35.4 Å². The van der Waals surface area contributed by atoms with Gasteiger partial charge >= 0.3 is 0 Å². The zero-order chi connectivity index (χ0) is 25.2. The molecule has 0 unspecified atom stereocenters. The van der Waals surface area contributed by atoms with Crippen LogP contribution in [0.3, 0.4) is 0 Å². The number of carbonyl (C=O) groups excluding carboxylic acids is 2. The molecule has 1 aliphatic heterocycles. The molecule has 3 aromatic carbocycles. The van der Waals surface area contributed by atoms with Crippen molar-refractivity contribution in [3.63, 3.8) is 0 Å². The molecule has 182 valence electrons. The van der Waals surface area contributed by atoms with Crippen LogP contribution in [0.15, 0.2) is 101 Å². The number of rotatable bonds is 5. The molecule has 0 fully saturated rings. The summed E-state index contributed by atoms with van der Waals surface area (Å²) < 4.78 is 19.8. The molecular formula is C30H27FN2O3. The second-order valence-corrected chi connectivity index (χ2v) is 9.14. The molecule has 1 aliphatic carbocycles. The van der Waals surface area contributed by atoms with E-state index in [4.69, 9.17) is 4.74 Å². The van der Waals surface area contributed by atoms with Crippen molar-refractivity contribution in [1.29, 1.82) is 0 Å². The van der Waals surface area contributed by atoms with Gasteiger partial charge in [-0.3, -0.25) is 9.59 Å². The van der Waals surface area contributed by atoms with Gasteiger partial charge in [0.25, 0.3) is 5.91 Å². The maximum absolute atomic E-state index is 14.3. The van der Waals surface area contributed by atoms with Crippen molar-refractivity contribution in [2.75, 3.05) is 12.4 Å². The van der Waals surface area contributed by atoms with E-state index in [1.54, 1.807) is 19.2 Å². The largest absolute Gasteiger partial charge is 0.497 e. The number of ketones is 1. The molecule has 2 atom stereocenters. The predicted octanol–water partition coefficient (Wildman–Crippen LogP) is 5.83. The van der Waals surface area contributed by atoms with Gasteiger partial charge in [0.1, 0.15) is 11.6 Å². The molecule has 0 saturated heterocycles. The van der Waals surface area contributed by atoms with Crippen LogP contribution in [0.2, 0.25) is 0 Å². The molecule has 2 aliphatic rings. The first-order chi connectivity index (χ1) is 17.5. The zero-order valence-electron chi connectivity index (χ0n) is 20.2. The first-order valence-corrected chi connectivity index (χ1v) is 11.9. The fourth-order valence-electron chi connectivity index (χ4n) is 5.21. The second kappa shape index (κ2) is 9.82. The first kappa shape index (κ1) is 23.5. The summed E-state index contributed by atoms with van der Waals surface area (Å²) in [6.45, 7) is 1.82. The van der Waals surface area contributed by atoms with Crippen LogP contribution in [-0.4, -0.2) is 18.8 Å². The van der Waals surface area contributed by atoms with Crippen molar-refractivity contribution < 1.29 is 18.7 Å². The number of carbonyl (C=O) groups is 2. The average molecular weight is 483 g/mol. The molecule has 0 bridgehead atoms. The number of hydrogen-bond acceptors (Lipinski definition) is 4. The highest BCUT2D eigenvalue weighted by molar-refractivity contribution is 6.10. The minimum atomic E-state index is -0.604. The Hall–Kier alpha value is -4.19. The van der Waals surface area contributed by atoms with Gasteiger partial charge in [0, 0.05) is 34.9 Å². The van der Waals surface area contributed by atoms with Crippen LogP contribution in [0, 0.1) is 5.82 Å². The van der Waals surface area contributed by atoms with E-state index in [9.17, 15) is 14.0 Å². The summed E-state index contributed by atoms with van der Waals surface area (Å²) in [6, 6.07) is 23.5. The fraction of sp³-hybridized carbons (Fsp3) is 0.200. The number of para-hydroxylation sites is 1. The maximum Gasteiger partial charge on any atom is 0.254 e. The van der Waals surface area contributed by atoms with E-state index >= 15 is 0 Å². The van der Waals surface area contributed by atoms with Gasteiger partial charge in [-0.25, -0.2) is 4.39 Å². The summed E-state index contributed by atoms with van der Waals surface area (Å²) >= 11 is 0. The Morgan fingerprint density at radius 3 is 2.44 bits per heavy atom. The van der Waals surface area contributed by atoms with Crippen LogP contribution in [0.25, 0.3) is 0 Å². The number of allylic oxidation sites excluding steroid dienone is 3. The summed E-state index contributed by atoms with van der Waals surface area (Å²) in [6.07, 6.45) is 1.01.